The van der Waals surface area contributed by atoms with E-state index < -0.39 is 0 Å². The van der Waals surface area contributed by atoms with E-state index in [2.05, 4.69) is 25.9 Å². The number of halogens is 1. The van der Waals surface area contributed by atoms with Gasteiger partial charge in [-0.3, -0.25) is 0 Å². The van der Waals surface area contributed by atoms with E-state index in [0.29, 0.717) is 11.6 Å². The first kappa shape index (κ1) is 9.61. The Balaban J connectivity index is 2.49. The fourth-order valence-corrected chi connectivity index (χ4v) is 2.54. The van der Waals surface area contributed by atoms with Gasteiger partial charge in [0.2, 0.25) is 0 Å². The van der Waals surface area contributed by atoms with Crippen molar-refractivity contribution in [2.24, 2.45) is 0 Å². The Labute approximate surface area is 94.1 Å². The number of hydrogen-bond acceptors (Lipinski definition) is 4. The third-order valence-electron chi connectivity index (χ3n) is 1.75. The standard InChI is InChI=1S/C9H8BrN3S/c1-5-6(10)4-7(14-5)9-12-3-2-8(11)13-9/h2-4H,1H3,(H2,11,12,13). The molecule has 0 unspecified atom stereocenters. The molecular formula is C9H8BrN3S. The van der Waals surface area contributed by atoms with Crippen LogP contribution in [0.5, 0.6) is 0 Å². The molecule has 0 aliphatic rings. The van der Waals surface area contributed by atoms with Gasteiger partial charge < -0.3 is 5.73 Å². The molecule has 0 amide bonds. The Bertz CT molecular complexity index is 447. The Morgan fingerprint density at radius 2 is 2.29 bits per heavy atom. The van der Waals surface area contributed by atoms with Crippen LogP contribution in [0.2, 0.25) is 0 Å². The van der Waals surface area contributed by atoms with Gasteiger partial charge in [-0.1, -0.05) is 0 Å². The molecule has 2 aromatic heterocycles. The average Bonchev–Trinajstić information content (AvgIpc) is 2.47. The van der Waals surface area contributed by atoms with E-state index in [9.17, 15) is 0 Å². The SMILES string of the molecule is Cc1sc(-c2nccc(N)n2)cc1Br. The highest BCUT2D eigenvalue weighted by atomic mass is 79.9. The van der Waals surface area contributed by atoms with E-state index in [-0.39, 0.29) is 0 Å². The Hall–Kier alpha value is -0.940. The van der Waals surface area contributed by atoms with Crippen LogP contribution in [0.15, 0.2) is 22.8 Å². The highest BCUT2D eigenvalue weighted by Gasteiger charge is 2.07. The number of rotatable bonds is 1. The molecule has 0 atom stereocenters. The second kappa shape index (κ2) is 3.67. The normalized spacial score (nSPS) is 10.4. The molecular weight excluding hydrogens is 262 g/mol. The molecule has 0 aromatic carbocycles. The van der Waals surface area contributed by atoms with Crippen LogP contribution >= 0.6 is 27.3 Å². The fourth-order valence-electron chi connectivity index (χ4n) is 1.06. The summed E-state index contributed by atoms with van der Waals surface area (Å²) in [6, 6.07) is 3.69. The molecule has 2 N–H and O–H groups in total. The summed E-state index contributed by atoms with van der Waals surface area (Å²) in [4.78, 5) is 10.6. The molecule has 0 aliphatic carbocycles. The zero-order valence-electron chi connectivity index (χ0n) is 7.49. The van der Waals surface area contributed by atoms with Crippen molar-refractivity contribution >= 4 is 33.1 Å². The van der Waals surface area contributed by atoms with Gasteiger partial charge in [0.05, 0.1) is 4.88 Å². The molecule has 14 heavy (non-hydrogen) atoms. The van der Waals surface area contributed by atoms with Crippen molar-refractivity contribution in [2.75, 3.05) is 5.73 Å². The number of aryl methyl sites for hydroxylation is 1. The van der Waals surface area contributed by atoms with E-state index in [1.165, 1.54) is 4.88 Å². The molecule has 72 valence electrons. The third-order valence-corrected chi connectivity index (χ3v) is 3.89. The first-order chi connectivity index (χ1) is 6.66. The molecule has 0 aliphatic heterocycles. The van der Waals surface area contributed by atoms with Gasteiger partial charge in [0.25, 0.3) is 0 Å². The molecule has 2 aromatic rings. The Morgan fingerprint density at radius 3 is 2.86 bits per heavy atom. The Morgan fingerprint density at radius 1 is 1.50 bits per heavy atom. The van der Waals surface area contributed by atoms with Crippen molar-refractivity contribution in [3.8, 4) is 10.7 Å². The van der Waals surface area contributed by atoms with Gasteiger partial charge in [-0.05, 0) is 35.0 Å². The summed E-state index contributed by atoms with van der Waals surface area (Å²) in [7, 11) is 0. The number of nitrogens with two attached hydrogens (primary N) is 1. The third kappa shape index (κ3) is 1.78. The summed E-state index contributed by atoms with van der Waals surface area (Å²) in [5.41, 5.74) is 5.58. The minimum Gasteiger partial charge on any atom is -0.384 e. The number of nitrogen functional groups attached to an aromatic ring is 1. The van der Waals surface area contributed by atoms with Gasteiger partial charge in [-0.25, -0.2) is 9.97 Å². The quantitative estimate of drug-likeness (QED) is 0.866. The van der Waals surface area contributed by atoms with Gasteiger partial charge in [-0.15, -0.1) is 11.3 Å². The van der Waals surface area contributed by atoms with Crippen molar-refractivity contribution in [2.45, 2.75) is 6.92 Å². The zero-order chi connectivity index (χ0) is 10.1. The number of anilines is 1. The monoisotopic (exact) mass is 269 g/mol. The van der Waals surface area contributed by atoms with Crippen LogP contribution in [0.25, 0.3) is 10.7 Å². The lowest BCUT2D eigenvalue weighted by Crippen LogP contribution is -1.92. The molecule has 0 saturated carbocycles. The summed E-state index contributed by atoms with van der Waals surface area (Å²) in [5.74, 6) is 1.18. The Kier molecular flexibility index (Phi) is 2.52. The predicted molar refractivity (Wildman–Crippen MR) is 62.2 cm³/mol. The maximum atomic E-state index is 5.58. The largest absolute Gasteiger partial charge is 0.384 e. The van der Waals surface area contributed by atoms with Crippen LogP contribution in [0.1, 0.15) is 4.88 Å². The van der Waals surface area contributed by atoms with E-state index in [1.54, 1.807) is 23.6 Å². The van der Waals surface area contributed by atoms with Gasteiger partial charge in [-0.2, -0.15) is 0 Å². The lowest BCUT2D eigenvalue weighted by molar-refractivity contribution is 1.19. The highest BCUT2D eigenvalue weighted by Crippen LogP contribution is 2.32. The summed E-state index contributed by atoms with van der Waals surface area (Å²) < 4.78 is 1.09. The summed E-state index contributed by atoms with van der Waals surface area (Å²) in [5, 5.41) is 0. The maximum absolute atomic E-state index is 5.58. The number of hydrogen-bond donors (Lipinski definition) is 1. The van der Waals surface area contributed by atoms with Crippen LogP contribution in [-0.2, 0) is 0 Å². The van der Waals surface area contributed by atoms with Crippen LogP contribution in [0, 0.1) is 6.92 Å². The van der Waals surface area contributed by atoms with E-state index in [1.807, 2.05) is 13.0 Å². The van der Waals surface area contributed by atoms with Crippen molar-refractivity contribution in [1.29, 1.82) is 0 Å². The first-order valence-corrected chi connectivity index (χ1v) is 5.62. The molecule has 2 rings (SSSR count). The minimum absolute atomic E-state index is 0.497. The van der Waals surface area contributed by atoms with E-state index >= 15 is 0 Å². The second-order valence-corrected chi connectivity index (χ2v) is 4.93. The smallest absolute Gasteiger partial charge is 0.171 e. The molecule has 5 heteroatoms. The highest BCUT2D eigenvalue weighted by molar-refractivity contribution is 9.10. The van der Waals surface area contributed by atoms with Crippen molar-refractivity contribution in [1.82, 2.24) is 9.97 Å². The van der Waals surface area contributed by atoms with Crippen LogP contribution < -0.4 is 5.73 Å². The predicted octanol–water partition coefficient (Wildman–Crippen LogP) is 2.86. The number of nitrogens with zero attached hydrogens (tertiary/aromatic N) is 2. The van der Waals surface area contributed by atoms with Gasteiger partial charge in [0, 0.05) is 15.5 Å². The van der Waals surface area contributed by atoms with Gasteiger partial charge in [0.1, 0.15) is 5.82 Å². The molecule has 0 fully saturated rings. The minimum atomic E-state index is 0.497. The zero-order valence-corrected chi connectivity index (χ0v) is 9.89. The van der Waals surface area contributed by atoms with Crippen LogP contribution in [-0.4, -0.2) is 9.97 Å². The van der Waals surface area contributed by atoms with E-state index in [4.69, 9.17) is 5.73 Å². The molecule has 3 nitrogen and oxygen atoms in total. The second-order valence-electron chi connectivity index (χ2n) is 2.82. The van der Waals surface area contributed by atoms with Crippen LogP contribution in [0.4, 0.5) is 5.82 Å². The summed E-state index contributed by atoms with van der Waals surface area (Å²) >= 11 is 5.10. The lowest BCUT2D eigenvalue weighted by atomic mass is 10.4. The van der Waals surface area contributed by atoms with Gasteiger partial charge >= 0.3 is 0 Å². The van der Waals surface area contributed by atoms with Crippen LogP contribution in [0.3, 0.4) is 0 Å². The van der Waals surface area contributed by atoms with Crippen molar-refractivity contribution in [3.05, 3.63) is 27.7 Å². The van der Waals surface area contributed by atoms with Crippen molar-refractivity contribution in [3.63, 3.8) is 0 Å². The summed E-state index contributed by atoms with van der Waals surface area (Å²) in [6.45, 7) is 2.05. The topological polar surface area (TPSA) is 51.8 Å². The average molecular weight is 270 g/mol. The molecule has 0 saturated heterocycles. The first-order valence-electron chi connectivity index (χ1n) is 4.01. The summed E-state index contributed by atoms with van der Waals surface area (Å²) in [6.07, 6.45) is 1.67. The maximum Gasteiger partial charge on any atom is 0.171 e. The number of aromatic nitrogens is 2. The fraction of sp³-hybridized carbons (Fsp3) is 0.111. The van der Waals surface area contributed by atoms with Gasteiger partial charge in [0.15, 0.2) is 5.82 Å². The molecule has 2 heterocycles. The van der Waals surface area contributed by atoms with E-state index in [0.717, 1.165) is 9.35 Å². The number of thiophene rings is 1. The lowest BCUT2D eigenvalue weighted by Gasteiger charge is -1.95. The molecule has 0 radical (unpaired) electrons. The molecule has 0 spiro atoms. The van der Waals surface area contributed by atoms with Crippen molar-refractivity contribution < 1.29 is 0 Å². The molecule has 0 bridgehead atoms.